The van der Waals surface area contributed by atoms with Gasteiger partial charge in [-0.15, -0.1) is 10.2 Å². The first-order valence-corrected chi connectivity index (χ1v) is 11.7. The molecular formula is C30H29N3O2. The van der Waals surface area contributed by atoms with Crippen molar-refractivity contribution in [2.75, 3.05) is 0 Å². The van der Waals surface area contributed by atoms with Crippen LogP contribution in [0.4, 0.5) is 0 Å². The number of rotatable bonds is 5. The van der Waals surface area contributed by atoms with Crippen LogP contribution in [0.15, 0.2) is 91.0 Å². The minimum Gasteiger partial charge on any atom is -0.508 e. The minimum absolute atomic E-state index is 0.101. The van der Waals surface area contributed by atoms with Crippen LogP contribution in [0.25, 0.3) is 16.7 Å². The molecule has 5 rings (SSSR count). The molecule has 4 aromatic carbocycles. The Balaban J connectivity index is 1.75. The molecule has 1 aromatic heterocycles. The first-order valence-electron chi connectivity index (χ1n) is 11.7. The molecule has 0 spiro atoms. The second-order valence-electron chi connectivity index (χ2n) is 10.0. The summed E-state index contributed by atoms with van der Waals surface area (Å²) in [6.45, 7) is 8.63. The molecule has 176 valence electrons. The monoisotopic (exact) mass is 463 g/mol. The van der Waals surface area contributed by atoms with Gasteiger partial charge in [-0.3, -0.25) is 0 Å². The molecular weight excluding hydrogens is 434 g/mol. The molecule has 1 heterocycles. The highest BCUT2D eigenvalue weighted by Crippen LogP contribution is 2.40. The van der Waals surface area contributed by atoms with Gasteiger partial charge in [0.05, 0.1) is 5.69 Å². The fraction of sp³-hybridized carbons (Fsp3) is 0.200. The van der Waals surface area contributed by atoms with Gasteiger partial charge < -0.3 is 10.2 Å². The zero-order chi connectivity index (χ0) is 24.8. The van der Waals surface area contributed by atoms with Crippen LogP contribution in [0.3, 0.4) is 0 Å². The normalized spacial score (nSPS) is 12.2. The predicted octanol–water partition coefficient (Wildman–Crippen LogP) is 6.48. The number of hydrogen-bond donors (Lipinski definition) is 2. The Bertz CT molecular complexity index is 1520. The average Bonchev–Trinajstić information content (AvgIpc) is 3.30. The molecule has 35 heavy (non-hydrogen) atoms. The number of phenols is 2. The smallest absolute Gasteiger partial charge is 0.155 e. The third-order valence-corrected chi connectivity index (χ3v) is 7.06. The first-order chi connectivity index (χ1) is 16.7. The van der Waals surface area contributed by atoms with Crippen molar-refractivity contribution in [3.63, 3.8) is 0 Å². The summed E-state index contributed by atoms with van der Waals surface area (Å²) in [6.07, 6.45) is 0. The molecule has 0 atom stereocenters. The lowest BCUT2D eigenvalue weighted by Crippen LogP contribution is -2.24. The van der Waals surface area contributed by atoms with Crippen LogP contribution >= 0.6 is 0 Å². The van der Waals surface area contributed by atoms with E-state index < -0.39 is 5.41 Å². The maximum absolute atomic E-state index is 10.7. The van der Waals surface area contributed by atoms with Crippen LogP contribution in [0.1, 0.15) is 49.9 Å². The number of phenolic OH excluding ortho intramolecular Hbond substituents is 2. The van der Waals surface area contributed by atoms with Gasteiger partial charge in [0.15, 0.2) is 5.52 Å². The van der Waals surface area contributed by atoms with Crippen molar-refractivity contribution < 1.29 is 10.2 Å². The van der Waals surface area contributed by atoms with Crippen molar-refractivity contribution in [2.45, 2.75) is 38.5 Å². The molecule has 0 saturated heterocycles. The van der Waals surface area contributed by atoms with Crippen LogP contribution in [-0.4, -0.2) is 25.2 Å². The van der Waals surface area contributed by atoms with Gasteiger partial charge in [-0.25, -0.2) is 0 Å². The molecule has 0 unspecified atom stereocenters. The molecule has 0 saturated carbocycles. The molecule has 0 radical (unpaired) electrons. The molecule has 5 heteroatoms. The Morgan fingerprint density at radius 1 is 0.600 bits per heavy atom. The highest BCUT2D eigenvalue weighted by Gasteiger charge is 2.30. The number of aromatic hydroxyl groups is 2. The number of aromatic nitrogens is 3. The maximum atomic E-state index is 10.7. The second-order valence-corrected chi connectivity index (χ2v) is 10.0. The molecule has 0 aliphatic heterocycles. The van der Waals surface area contributed by atoms with Gasteiger partial charge in [-0.05, 0) is 47.0 Å². The van der Waals surface area contributed by atoms with Crippen molar-refractivity contribution in [3.05, 3.63) is 113 Å². The highest BCUT2D eigenvalue weighted by molar-refractivity contribution is 5.80. The second kappa shape index (κ2) is 8.27. The third-order valence-electron chi connectivity index (χ3n) is 7.06. The van der Waals surface area contributed by atoms with Crippen molar-refractivity contribution >= 4 is 11.0 Å². The topological polar surface area (TPSA) is 71.2 Å². The largest absolute Gasteiger partial charge is 0.508 e. The summed E-state index contributed by atoms with van der Waals surface area (Å²) >= 11 is 0. The van der Waals surface area contributed by atoms with Crippen molar-refractivity contribution in [2.24, 2.45) is 0 Å². The summed E-state index contributed by atoms with van der Waals surface area (Å²) in [7, 11) is 0. The van der Waals surface area contributed by atoms with Crippen LogP contribution in [0.5, 0.6) is 11.5 Å². The minimum atomic E-state index is -0.489. The van der Waals surface area contributed by atoms with E-state index in [1.54, 1.807) is 23.0 Å². The fourth-order valence-corrected chi connectivity index (χ4v) is 4.66. The quantitative estimate of drug-likeness (QED) is 0.313. The van der Waals surface area contributed by atoms with E-state index in [0.717, 1.165) is 22.4 Å². The Morgan fingerprint density at radius 2 is 1.23 bits per heavy atom. The third kappa shape index (κ3) is 3.93. The summed E-state index contributed by atoms with van der Waals surface area (Å²) in [5.41, 5.74) is 5.26. The zero-order valence-corrected chi connectivity index (χ0v) is 20.4. The van der Waals surface area contributed by atoms with E-state index in [1.165, 1.54) is 5.56 Å². The van der Waals surface area contributed by atoms with Crippen LogP contribution in [0, 0.1) is 0 Å². The van der Waals surface area contributed by atoms with E-state index in [1.807, 2.05) is 30.3 Å². The summed E-state index contributed by atoms with van der Waals surface area (Å²) < 4.78 is 0. The molecule has 5 aromatic rings. The molecule has 0 fully saturated rings. The van der Waals surface area contributed by atoms with Crippen molar-refractivity contribution in [1.29, 1.82) is 0 Å². The number of nitrogens with zero attached hydrogens (tertiary/aromatic N) is 3. The number of hydrogen-bond acceptors (Lipinski definition) is 4. The van der Waals surface area contributed by atoms with E-state index in [4.69, 9.17) is 0 Å². The highest BCUT2D eigenvalue weighted by atomic mass is 16.3. The number of benzene rings is 4. The molecule has 0 bridgehead atoms. The molecule has 0 aliphatic carbocycles. The van der Waals surface area contributed by atoms with E-state index in [0.29, 0.717) is 11.0 Å². The molecule has 0 aliphatic rings. The maximum Gasteiger partial charge on any atom is 0.155 e. The van der Waals surface area contributed by atoms with Gasteiger partial charge in [0.1, 0.15) is 17.0 Å². The molecule has 5 nitrogen and oxygen atoms in total. The number of fused-ring (bicyclic) bond motifs is 1. The van der Waals surface area contributed by atoms with Crippen LogP contribution in [-0.2, 0) is 10.8 Å². The Morgan fingerprint density at radius 3 is 1.91 bits per heavy atom. The molecule has 0 amide bonds. The van der Waals surface area contributed by atoms with Crippen molar-refractivity contribution in [3.8, 4) is 17.2 Å². The van der Waals surface area contributed by atoms with Crippen LogP contribution < -0.4 is 0 Å². The van der Waals surface area contributed by atoms with Gasteiger partial charge >= 0.3 is 0 Å². The SMILES string of the molecule is CC(C)(c1ccccc1)c1cc(-n2nc3cccc(O)c3n2)cc(C(C)(C)c2ccccc2O)c1. The Hall–Kier alpha value is -4.12. The van der Waals surface area contributed by atoms with Gasteiger partial charge in [-0.2, -0.15) is 4.80 Å². The Labute approximate surface area is 205 Å². The van der Waals surface area contributed by atoms with E-state index in [2.05, 4.69) is 80.4 Å². The standard InChI is InChI=1S/C30H29N3O2/c1-29(2,20-11-6-5-7-12-20)21-17-22(30(3,4)24-13-8-9-15-26(24)34)19-23(18-21)33-31-25-14-10-16-27(35)28(25)32-33/h5-19,34-35H,1-4H3. The lowest BCUT2D eigenvalue weighted by atomic mass is 9.73. The van der Waals surface area contributed by atoms with Crippen LogP contribution in [0.2, 0.25) is 0 Å². The summed E-state index contributed by atoms with van der Waals surface area (Å²) in [5.74, 6) is 0.365. The first kappa shape index (κ1) is 22.7. The van der Waals surface area contributed by atoms with E-state index in [-0.39, 0.29) is 16.9 Å². The fourth-order valence-electron chi connectivity index (χ4n) is 4.66. The predicted molar refractivity (Wildman–Crippen MR) is 139 cm³/mol. The van der Waals surface area contributed by atoms with E-state index >= 15 is 0 Å². The van der Waals surface area contributed by atoms with Gasteiger partial charge in [-0.1, -0.05) is 88.4 Å². The number of para-hydroxylation sites is 1. The van der Waals surface area contributed by atoms with Gasteiger partial charge in [0, 0.05) is 16.4 Å². The zero-order valence-electron chi connectivity index (χ0n) is 20.4. The Kier molecular flexibility index (Phi) is 5.36. The lowest BCUT2D eigenvalue weighted by molar-refractivity contribution is 0.453. The molecule has 2 N–H and O–H groups in total. The summed E-state index contributed by atoms with van der Waals surface area (Å²) in [4.78, 5) is 1.58. The average molecular weight is 464 g/mol. The van der Waals surface area contributed by atoms with Gasteiger partial charge in [0.2, 0.25) is 0 Å². The van der Waals surface area contributed by atoms with Gasteiger partial charge in [0.25, 0.3) is 0 Å². The summed E-state index contributed by atoms with van der Waals surface area (Å²) in [6, 6.07) is 29.5. The van der Waals surface area contributed by atoms with E-state index in [9.17, 15) is 10.2 Å². The summed E-state index contributed by atoms with van der Waals surface area (Å²) in [5, 5.41) is 30.2. The lowest BCUT2D eigenvalue weighted by Gasteiger charge is -2.31. The van der Waals surface area contributed by atoms with Crippen molar-refractivity contribution in [1.82, 2.24) is 15.0 Å².